The van der Waals surface area contributed by atoms with Crippen LogP contribution in [0.5, 0.6) is 0 Å². The molecule has 41 heavy (non-hydrogen) atoms. The highest BCUT2D eigenvalue weighted by atomic mass is 16.5. The molecule has 0 aliphatic carbocycles. The molecular weight excluding hydrogens is 522 g/mol. The first-order valence-electron chi connectivity index (χ1n) is 14.2. The number of ether oxygens (including phenoxy) is 1. The molecule has 0 radical (unpaired) electrons. The van der Waals surface area contributed by atoms with E-state index >= 15 is 0 Å². The zero-order valence-electron chi connectivity index (χ0n) is 23.7. The van der Waals surface area contributed by atoms with Crippen molar-refractivity contribution >= 4 is 23.4 Å². The van der Waals surface area contributed by atoms with Crippen LogP contribution in [0.1, 0.15) is 66.1 Å². The van der Waals surface area contributed by atoms with Gasteiger partial charge in [-0.3, -0.25) is 19.3 Å². The number of carbonyl (C=O) groups is 3. The molecule has 3 aromatic rings. The molecule has 2 atom stereocenters. The zero-order valence-corrected chi connectivity index (χ0v) is 23.7. The van der Waals surface area contributed by atoms with E-state index < -0.39 is 5.60 Å². The summed E-state index contributed by atoms with van der Waals surface area (Å²) in [5.74, 6) is 0.0123. The second-order valence-corrected chi connectivity index (χ2v) is 11.8. The lowest BCUT2D eigenvalue weighted by atomic mass is 9.93. The molecule has 2 saturated heterocycles. The standard InChI is InChI=1S/C31H35N5O5/c1-31(2)17-22(14-16-40-31)36-29(38)23-12-7-13-24(26(23)30(36)39)35-15-8-11-21(18-35)28(37)34(3)19-25-32-33-27(41-25)20-9-5-4-6-10-20/h4-7,9-10,12-13,21-22H,8,11,14-19H2,1-3H3. The summed E-state index contributed by atoms with van der Waals surface area (Å²) in [4.78, 5) is 45.8. The van der Waals surface area contributed by atoms with Gasteiger partial charge in [-0.05, 0) is 63.8 Å². The third-order valence-electron chi connectivity index (χ3n) is 8.31. The van der Waals surface area contributed by atoms with Crippen molar-refractivity contribution in [2.24, 2.45) is 5.92 Å². The molecule has 3 aliphatic heterocycles. The van der Waals surface area contributed by atoms with Crippen molar-refractivity contribution < 1.29 is 23.5 Å². The van der Waals surface area contributed by atoms with Crippen molar-refractivity contribution in [2.75, 3.05) is 31.6 Å². The first kappa shape index (κ1) is 27.1. The van der Waals surface area contributed by atoms with Crippen molar-refractivity contribution in [3.05, 3.63) is 65.5 Å². The molecule has 10 nitrogen and oxygen atoms in total. The third-order valence-corrected chi connectivity index (χ3v) is 8.31. The zero-order chi connectivity index (χ0) is 28.7. The van der Waals surface area contributed by atoms with E-state index in [2.05, 4.69) is 15.1 Å². The van der Waals surface area contributed by atoms with E-state index in [0.29, 0.717) is 55.4 Å². The number of amides is 3. The monoisotopic (exact) mass is 557 g/mol. The lowest BCUT2D eigenvalue weighted by Crippen LogP contribution is -2.48. The van der Waals surface area contributed by atoms with E-state index in [9.17, 15) is 14.4 Å². The SMILES string of the molecule is CN(Cc1nnc(-c2ccccc2)o1)C(=O)C1CCCN(c2cccc3c2C(=O)N(C2CCOC(C)(C)C2)C3=O)C1. The summed E-state index contributed by atoms with van der Waals surface area (Å²) in [6, 6.07) is 14.8. The van der Waals surface area contributed by atoms with Gasteiger partial charge in [0.05, 0.1) is 34.9 Å². The Morgan fingerprint density at radius 3 is 2.63 bits per heavy atom. The number of imide groups is 1. The van der Waals surface area contributed by atoms with E-state index in [-0.39, 0.29) is 36.2 Å². The quantitative estimate of drug-likeness (QED) is 0.416. The number of rotatable bonds is 6. The van der Waals surface area contributed by atoms with Crippen LogP contribution in [0.4, 0.5) is 5.69 Å². The summed E-state index contributed by atoms with van der Waals surface area (Å²) >= 11 is 0. The van der Waals surface area contributed by atoms with Crippen LogP contribution >= 0.6 is 0 Å². The number of hydrogen-bond donors (Lipinski definition) is 0. The summed E-state index contributed by atoms with van der Waals surface area (Å²) in [5.41, 5.74) is 2.04. The van der Waals surface area contributed by atoms with Crippen LogP contribution in [0.25, 0.3) is 11.5 Å². The molecule has 10 heteroatoms. The molecule has 2 fully saturated rings. The van der Waals surface area contributed by atoms with Gasteiger partial charge < -0.3 is 19.0 Å². The Balaban J connectivity index is 1.16. The smallest absolute Gasteiger partial charge is 0.263 e. The molecule has 2 aromatic carbocycles. The van der Waals surface area contributed by atoms with E-state index in [1.54, 1.807) is 18.0 Å². The molecule has 4 heterocycles. The molecule has 0 spiro atoms. The van der Waals surface area contributed by atoms with E-state index in [1.807, 2.05) is 56.3 Å². The predicted octanol–water partition coefficient (Wildman–Crippen LogP) is 4.17. The first-order valence-corrected chi connectivity index (χ1v) is 14.2. The van der Waals surface area contributed by atoms with E-state index in [1.165, 1.54) is 4.90 Å². The highest BCUT2D eigenvalue weighted by Crippen LogP contribution is 2.38. The lowest BCUT2D eigenvalue weighted by Gasteiger charge is -2.39. The van der Waals surface area contributed by atoms with Crippen LogP contribution in [0, 0.1) is 5.92 Å². The van der Waals surface area contributed by atoms with Gasteiger partial charge in [0.2, 0.25) is 17.7 Å². The first-order chi connectivity index (χ1) is 19.7. The van der Waals surface area contributed by atoms with Crippen molar-refractivity contribution in [3.63, 3.8) is 0 Å². The minimum atomic E-state index is -0.391. The number of piperidine rings is 1. The minimum Gasteiger partial charge on any atom is -0.419 e. The Labute approximate surface area is 239 Å². The van der Waals surface area contributed by atoms with Crippen LogP contribution in [0.3, 0.4) is 0 Å². The van der Waals surface area contributed by atoms with Crippen LogP contribution in [-0.4, -0.2) is 76.1 Å². The second-order valence-electron chi connectivity index (χ2n) is 11.8. The summed E-state index contributed by atoms with van der Waals surface area (Å²) in [5, 5.41) is 8.25. The summed E-state index contributed by atoms with van der Waals surface area (Å²) in [6.07, 6.45) is 2.77. The summed E-state index contributed by atoms with van der Waals surface area (Å²) in [6.45, 7) is 5.87. The molecule has 0 saturated carbocycles. The maximum Gasteiger partial charge on any atom is 0.263 e. The lowest BCUT2D eigenvalue weighted by molar-refractivity contribution is -0.135. The van der Waals surface area contributed by atoms with E-state index in [4.69, 9.17) is 9.15 Å². The molecule has 2 unspecified atom stereocenters. The second kappa shape index (κ2) is 10.7. The van der Waals surface area contributed by atoms with Crippen molar-refractivity contribution in [1.82, 2.24) is 20.0 Å². The van der Waals surface area contributed by atoms with Crippen LogP contribution in [0.2, 0.25) is 0 Å². The van der Waals surface area contributed by atoms with Gasteiger partial charge in [-0.1, -0.05) is 24.3 Å². The molecule has 0 N–H and O–H groups in total. The normalized spacial score (nSPS) is 22.1. The van der Waals surface area contributed by atoms with Gasteiger partial charge in [0.15, 0.2) is 0 Å². The Kier molecular flexibility index (Phi) is 7.11. The van der Waals surface area contributed by atoms with E-state index in [0.717, 1.165) is 24.1 Å². The number of nitrogens with zero attached hydrogens (tertiary/aromatic N) is 5. The van der Waals surface area contributed by atoms with Gasteiger partial charge >= 0.3 is 0 Å². The molecular formula is C31H35N5O5. The van der Waals surface area contributed by atoms with Gasteiger partial charge in [-0.2, -0.15) is 0 Å². The van der Waals surface area contributed by atoms with Gasteiger partial charge in [-0.15, -0.1) is 10.2 Å². The number of benzene rings is 2. The van der Waals surface area contributed by atoms with Gasteiger partial charge in [-0.25, -0.2) is 0 Å². The average molecular weight is 558 g/mol. The topological polar surface area (TPSA) is 109 Å². The van der Waals surface area contributed by atoms with Crippen LogP contribution < -0.4 is 4.90 Å². The molecule has 214 valence electrons. The fraction of sp³-hybridized carbons (Fsp3) is 0.452. The Hall–Kier alpha value is -4.05. The van der Waals surface area contributed by atoms with Gasteiger partial charge in [0, 0.05) is 38.3 Å². The van der Waals surface area contributed by atoms with Gasteiger partial charge in [0.25, 0.3) is 11.8 Å². The molecule has 6 rings (SSSR count). The largest absolute Gasteiger partial charge is 0.419 e. The Morgan fingerprint density at radius 2 is 1.85 bits per heavy atom. The molecule has 1 aromatic heterocycles. The fourth-order valence-electron chi connectivity index (χ4n) is 6.31. The number of aromatic nitrogens is 2. The van der Waals surface area contributed by atoms with Crippen molar-refractivity contribution in [3.8, 4) is 11.5 Å². The highest BCUT2D eigenvalue weighted by Gasteiger charge is 2.45. The third kappa shape index (κ3) is 5.24. The minimum absolute atomic E-state index is 0.0183. The van der Waals surface area contributed by atoms with Crippen molar-refractivity contribution in [1.29, 1.82) is 0 Å². The molecule has 3 aliphatic rings. The molecule has 0 bridgehead atoms. The van der Waals surface area contributed by atoms with Gasteiger partial charge in [0.1, 0.15) is 0 Å². The Morgan fingerprint density at radius 1 is 1.05 bits per heavy atom. The highest BCUT2D eigenvalue weighted by molar-refractivity contribution is 6.24. The van der Waals surface area contributed by atoms with Crippen LogP contribution in [0.15, 0.2) is 52.9 Å². The predicted molar refractivity (Wildman–Crippen MR) is 151 cm³/mol. The number of carbonyl (C=O) groups excluding carboxylic acids is 3. The Bertz CT molecular complexity index is 1470. The summed E-state index contributed by atoms with van der Waals surface area (Å²) in [7, 11) is 1.74. The maximum atomic E-state index is 13.8. The number of fused-ring (bicyclic) bond motifs is 1. The van der Waals surface area contributed by atoms with Crippen molar-refractivity contribution in [2.45, 2.75) is 57.7 Å². The maximum absolute atomic E-state index is 13.8. The number of anilines is 1. The molecule has 3 amide bonds. The summed E-state index contributed by atoms with van der Waals surface area (Å²) < 4.78 is 11.6. The fourth-order valence-corrected chi connectivity index (χ4v) is 6.31. The number of hydrogen-bond acceptors (Lipinski definition) is 8. The van der Waals surface area contributed by atoms with Crippen LogP contribution in [-0.2, 0) is 16.1 Å². The average Bonchev–Trinajstić information content (AvgIpc) is 3.54.